The van der Waals surface area contributed by atoms with Gasteiger partial charge in [-0.3, -0.25) is 19.8 Å². The van der Waals surface area contributed by atoms with Crippen molar-refractivity contribution in [3.05, 3.63) is 50.9 Å². The molecule has 2 heterocycles. The van der Waals surface area contributed by atoms with E-state index in [1.807, 2.05) is 12.1 Å². The molecule has 0 bridgehead atoms. The highest BCUT2D eigenvalue weighted by atomic mass is 16.5. The SMILES string of the molecule is COc1ccc([C@H]2C3=C(CCCC3=O)Nc3[nH][nH]c(=O)c32)cc1OC. The van der Waals surface area contributed by atoms with Crippen LogP contribution >= 0.6 is 0 Å². The molecule has 25 heavy (non-hydrogen) atoms. The summed E-state index contributed by atoms with van der Waals surface area (Å²) in [6.07, 6.45) is 2.10. The summed E-state index contributed by atoms with van der Waals surface area (Å²) >= 11 is 0. The average Bonchev–Trinajstić information content (AvgIpc) is 3.00. The van der Waals surface area contributed by atoms with Gasteiger partial charge in [0.05, 0.1) is 19.8 Å². The number of ketones is 1. The highest BCUT2D eigenvalue weighted by Gasteiger charge is 2.38. The van der Waals surface area contributed by atoms with E-state index in [0.717, 1.165) is 24.1 Å². The summed E-state index contributed by atoms with van der Waals surface area (Å²) in [5.74, 6) is 1.46. The summed E-state index contributed by atoms with van der Waals surface area (Å²) in [5, 5.41) is 8.71. The van der Waals surface area contributed by atoms with Crippen molar-refractivity contribution in [3.63, 3.8) is 0 Å². The lowest BCUT2D eigenvalue weighted by Crippen LogP contribution is -2.29. The number of H-pyrrole nitrogens is 2. The smallest absolute Gasteiger partial charge is 0.270 e. The number of fused-ring (bicyclic) bond motifs is 1. The van der Waals surface area contributed by atoms with Crippen LogP contribution in [-0.2, 0) is 4.79 Å². The summed E-state index contributed by atoms with van der Waals surface area (Å²) in [7, 11) is 3.14. The van der Waals surface area contributed by atoms with Gasteiger partial charge in [-0.15, -0.1) is 0 Å². The molecule has 1 aromatic heterocycles. The predicted molar refractivity (Wildman–Crippen MR) is 92.3 cm³/mol. The van der Waals surface area contributed by atoms with Crippen LogP contribution in [-0.4, -0.2) is 30.2 Å². The standard InChI is InChI=1S/C18H19N3O4/c1-24-12-7-6-9(8-13(12)25-2)14-15-10(4-3-5-11(15)22)19-17-16(14)18(23)21-20-17/h6-8,14H,3-5H2,1-2H3,(H3,19,20,21,23)/t14-/m0/s1. The molecule has 0 saturated carbocycles. The van der Waals surface area contributed by atoms with Gasteiger partial charge in [0.1, 0.15) is 5.82 Å². The van der Waals surface area contributed by atoms with E-state index in [2.05, 4.69) is 15.5 Å². The maximum atomic E-state index is 12.7. The Balaban J connectivity index is 1.94. The van der Waals surface area contributed by atoms with Crippen molar-refractivity contribution in [1.29, 1.82) is 0 Å². The summed E-state index contributed by atoms with van der Waals surface area (Å²) in [6, 6.07) is 5.50. The molecular formula is C18H19N3O4. The van der Waals surface area contributed by atoms with Crippen molar-refractivity contribution < 1.29 is 14.3 Å². The summed E-state index contributed by atoms with van der Waals surface area (Å²) in [4.78, 5) is 25.0. The van der Waals surface area contributed by atoms with E-state index in [4.69, 9.17) is 9.47 Å². The molecule has 0 spiro atoms. The third-order valence-electron chi connectivity index (χ3n) is 4.87. The number of carbonyl (C=O) groups excluding carboxylic acids is 1. The van der Waals surface area contributed by atoms with Gasteiger partial charge in [-0.05, 0) is 30.5 Å². The maximum absolute atomic E-state index is 12.7. The topological polar surface area (TPSA) is 96.2 Å². The number of ether oxygens (including phenoxy) is 2. The first kappa shape index (κ1) is 15.6. The van der Waals surface area contributed by atoms with Crippen molar-refractivity contribution >= 4 is 11.6 Å². The first-order chi connectivity index (χ1) is 12.1. The Bertz CT molecular complexity index is 938. The van der Waals surface area contributed by atoms with Crippen LogP contribution in [0, 0.1) is 0 Å². The third kappa shape index (κ3) is 2.34. The fourth-order valence-corrected chi connectivity index (χ4v) is 3.73. The van der Waals surface area contributed by atoms with Crippen LogP contribution in [0.1, 0.15) is 36.3 Å². The zero-order valence-corrected chi connectivity index (χ0v) is 14.1. The van der Waals surface area contributed by atoms with Crippen molar-refractivity contribution in [2.45, 2.75) is 25.2 Å². The molecular weight excluding hydrogens is 322 g/mol. The van der Waals surface area contributed by atoms with Gasteiger partial charge < -0.3 is 14.8 Å². The second kappa shape index (κ2) is 5.84. The van der Waals surface area contributed by atoms with E-state index in [0.29, 0.717) is 34.9 Å². The summed E-state index contributed by atoms with van der Waals surface area (Å²) < 4.78 is 10.7. The Kier molecular flexibility index (Phi) is 3.63. The van der Waals surface area contributed by atoms with Gasteiger partial charge in [0, 0.05) is 23.6 Å². The van der Waals surface area contributed by atoms with Gasteiger partial charge in [-0.2, -0.15) is 0 Å². The molecule has 130 valence electrons. The maximum Gasteiger partial charge on any atom is 0.270 e. The molecule has 3 N–H and O–H groups in total. The minimum Gasteiger partial charge on any atom is -0.493 e. The molecule has 1 aromatic carbocycles. The fraction of sp³-hybridized carbons (Fsp3) is 0.333. The Morgan fingerprint density at radius 2 is 1.84 bits per heavy atom. The minimum absolute atomic E-state index is 0.0831. The summed E-state index contributed by atoms with van der Waals surface area (Å²) in [5.41, 5.74) is 2.69. The number of benzene rings is 1. The Morgan fingerprint density at radius 1 is 1.04 bits per heavy atom. The number of nitrogens with one attached hydrogen (secondary N) is 3. The largest absolute Gasteiger partial charge is 0.493 e. The monoisotopic (exact) mass is 341 g/mol. The van der Waals surface area contributed by atoms with Crippen LogP contribution in [0.15, 0.2) is 34.3 Å². The quantitative estimate of drug-likeness (QED) is 0.796. The van der Waals surface area contributed by atoms with Gasteiger partial charge >= 0.3 is 0 Å². The predicted octanol–water partition coefficient (Wildman–Crippen LogP) is 2.28. The third-order valence-corrected chi connectivity index (χ3v) is 4.87. The number of allylic oxidation sites excluding steroid dienone is 2. The van der Waals surface area contributed by atoms with E-state index < -0.39 is 5.92 Å². The number of aromatic nitrogens is 2. The van der Waals surface area contributed by atoms with Gasteiger partial charge in [0.2, 0.25) is 0 Å². The molecule has 7 heteroatoms. The van der Waals surface area contributed by atoms with Crippen LogP contribution in [0.3, 0.4) is 0 Å². The molecule has 1 aliphatic heterocycles. The van der Waals surface area contributed by atoms with E-state index in [-0.39, 0.29) is 11.3 Å². The lowest BCUT2D eigenvalue weighted by molar-refractivity contribution is -0.116. The molecule has 1 atom stereocenters. The Hall–Kier alpha value is -2.96. The Labute approximate surface area is 144 Å². The molecule has 7 nitrogen and oxygen atoms in total. The number of hydrogen-bond acceptors (Lipinski definition) is 5. The molecule has 2 aliphatic rings. The highest BCUT2D eigenvalue weighted by molar-refractivity contribution is 6.00. The van der Waals surface area contributed by atoms with E-state index >= 15 is 0 Å². The number of Topliss-reactive ketones (excluding diaryl/α,β-unsaturated/α-hetero) is 1. The second-order valence-corrected chi connectivity index (χ2v) is 6.21. The Morgan fingerprint density at radius 3 is 2.60 bits per heavy atom. The molecule has 2 aromatic rings. The fourth-order valence-electron chi connectivity index (χ4n) is 3.73. The van der Waals surface area contributed by atoms with Gasteiger partial charge in [0.15, 0.2) is 17.3 Å². The highest BCUT2D eigenvalue weighted by Crippen LogP contribution is 2.44. The number of carbonyl (C=O) groups is 1. The number of rotatable bonds is 3. The lowest BCUT2D eigenvalue weighted by atomic mass is 9.77. The van der Waals surface area contributed by atoms with Gasteiger partial charge in [0.25, 0.3) is 5.56 Å². The number of anilines is 1. The molecule has 4 rings (SSSR count). The molecule has 0 unspecified atom stereocenters. The number of aromatic amines is 2. The average molecular weight is 341 g/mol. The second-order valence-electron chi connectivity index (χ2n) is 6.21. The minimum atomic E-state index is -0.422. The van der Waals surface area contributed by atoms with Crippen LogP contribution in [0.4, 0.5) is 5.82 Å². The van der Waals surface area contributed by atoms with Crippen molar-refractivity contribution in [2.24, 2.45) is 0 Å². The van der Waals surface area contributed by atoms with Crippen LogP contribution < -0.4 is 20.3 Å². The van der Waals surface area contributed by atoms with Crippen molar-refractivity contribution in [3.8, 4) is 11.5 Å². The van der Waals surface area contributed by atoms with Crippen molar-refractivity contribution in [2.75, 3.05) is 19.5 Å². The summed E-state index contributed by atoms with van der Waals surface area (Å²) in [6.45, 7) is 0. The lowest BCUT2D eigenvalue weighted by Gasteiger charge is -2.31. The number of methoxy groups -OCH3 is 2. The van der Waals surface area contributed by atoms with Crippen LogP contribution in [0.5, 0.6) is 11.5 Å². The van der Waals surface area contributed by atoms with Gasteiger partial charge in [-0.1, -0.05) is 6.07 Å². The first-order valence-corrected chi connectivity index (χ1v) is 8.19. The zero-order chi connectivity index (χ0) is 17.6. The number of hydrogen-bond donors (Lipinski definition) is 3. The van der Waals surface area contributed by atoms with E-state index in [1.165, 1.54) is 0 Å². The zero-order valence-electron chi connectivity index (χ0n) is 14.1. The van der Waals surface area contributed by atoms with Gasteiger partial charge in [-0.25, -0.2) is 0 Å². The van der Waals surface area contributed by atoms with E-state index in [9.17, 15) is 9.59 Å². The first-order valence-electron chi connectivity index (χ1n) is 8.19. The molecule has 0 radical (unpaired) electrons. The van der Waals surface area contributed by atoms with Crippen LogP contribution in [0.25, 0.3) is 0 Å². The molecule has 0 amide bonds. The normalized spacial score (nSPS) is 19.1. The van der Waals surface area contributed by atoms with Crippen LogP contribution in [0.2, 0.25) is 0 Å². The van der Waals surface area contributed by atoms with Crippen molar-refractivity contribution in [1.82, 2.24) is 10.2 Å². The molecule has 1 aliphatic carbocycles. The molecule has 0 fully saturated rings. The van der Waals surface area contributed by atoms with E-state index in [1.54, 1.807) is 20.3 Å². The molecule has 0 saturated heterocycles.